The molecule has 1 heterocycles. The lowest BCUT2D eigenvalue weighted by Gasteiger charge is -1.98. The van der Waals surface area contributed by atoms with Gasteiger partial charge in [-0.25, -0.2) is 0 Å². The van der Waals surface area contributed by atoms with Crippen LogP contribution in [0, 0.1) is 0 Å². The van der Waals surface area contributed by atoms with E-state index in [1.165, 1.54) is 0 Å². The molecule has 0 unspecified atom stereocenters. The molecule has 0 atom stereocenters. The fraction of sp³-hybridized carbons (Fsp3) is 0.571. The molecule has 0 aromatic carbocycles. The van der Waals surface area contributed by atoms with Crippen LogP contribution in [-0.4, -0.2) is 27.8 Å². The topological polar surface area (TPSA) is 93.9 Å². The molecule has 0 aliphatic heterocycles. The second-order valence-electron chi connectivity index (χ2n) is 2.45. The first kappa shape index (κ1) is 9.50. The number of aromatic amines is 1. The van der Waals surface area contributed by atoms with E-state index < -0.39 is 0 Å². The number of aryl methyl sites for hydroxylation is 1. The van der Waals surface area contributed by atoms with Crippen LogP contribution in [0.5, 0.6) is 0 Å². The van der Waals surface area contributed by atoms with E-state index in [9.17, 15) is 4.79 Å². The van der Waals surface area contributed by atoms with Crippen molar-refractivity contribution in [2.24, 2.45) is 0 Å². The van der Waals surface area contributed by atoms with Crippen molar-refractivity contribution in [1.82, 2.24) is 15.2 Å². The molecular weight excluding hydrogens is 172 g/mol. The third-order valence-corrected chi connectivity index (χ3v) is 1.42. The van der Waals surface area contributed by atoms with Crippen molar-refractivity contribution < 1.29 is 9.53 Å². The molecule has 6 nitrogen and oxygen atoms in total. The SMILES string of the molecule is CCOC(=O)CCc1nc(N)n[nH]1. The van der Waals surface area contributed by atoms with Crippen molar-refractivity contribution in [3.63, 3.8) is 0 Å². The van der Waals surface area contributed by atoms with Gasteiger partial charge in [0.15, 0.2) is 0 Å². The average molecular weight is 184 g/mol. The van der Waals surface area contributed by atoms with Gasteiger partial charge in [-0.05, 0) is 6.92 Å². The molecule has 0 fully saturated rings. The number of hydrogen-bond donors (Lipinski definition) is 2. The third kappa shape index (κ3) is 3.10. The maximum absolute atomic E-state index is 10.9. The van der Waals surface area contributed by atoms with Crippen molar-refractivity contribution in [3.05, 3.63) is 5.82 Å². The third-order valence-electron chi connectivity index (χ3n) is 1.42. The van der Waals surface area contributed by atoms with Crippen molar-refractivity contribution in [2.45, 2.75) is 19.8 Å². The first-order valence-corrected chi connectivity index (χ1v) is 4.04. The first-order chi connectivity index (χ1) is 6.22. The zero-order chi connectivity index (χ0) is 9.68. The van der Waals surface area contributed by atoms with E-state index in [0.29, 0.717) is 25.3 Å². The van der Waals surface area contributed by atoms with Gasteiger partial charge in [-0.2, -0.15) is 4.98 Å². The predicted octanol–water partition coefficient (Wildman–Crippen LogP) is -0.117. The zero-order valence-electron chi connectivity index (χ0n) is 7.41. The Morgan fingerprint density at radius 2 is 2.46 bits per heavy atom. The van der Waals surface area contributed by atoms with E-state index in [2.05, 4.69) is 15.2 Å². The summed E-state index contributed by atoms with van der Waals surface area (Å²) in [4.78, 5) is 14.8. The number of carbonyl (C=O) groups is 1. The first-order valence-electron chi connectivity index (χ1n) is 4.04. The van der Waals surface area contributed by atoms with E-state index in [-0.39, 0.29) is 11.9 Å². The van der Waals surface area contributed by atoms with E-state index >= 15 is 0 Å². The van der Waals surface area contributed by atoms with Crippen LogP contribution in [0.1, 0.15) is 19.2 Å². The summed E-state index contributed by atoms with van der Waals surface area (Å²) in [5.41, 5.74) is 5.27. The van der Waals surface area contributed by atoms with E-state index in [0.717, 1.165) is 0 Å². The fourth-order valence-electron chi connectivity index (χ4n) is 0.876. The number of aromatic nitrogens is 3. The van der Waals surface area contributed by atoms with Gasteiger partial charge in [0, 0.05) is 6.42 Å². The Labute approximate surface area is 75.5 Å². The van der Waals surface area contributed by atoms with Gasteiger partial charge in [0.2, 0.25) is 5.95 Å². The van der Waals surface area contributed by atoms with Gasteiger partial charge in [0.1, 0.15) is 5.82 Å². The van der Waals surface area contributed by atoms with Gasteiger partial charge in [-0.15, -0.1) is 5.10 Å². The number of carbonyl (C=O) groups excluding carboxylic acids is 1. The lowest BCUT2D eigenvalue weighted by Crippen LogP contribution is -2.05. The molecule has 0 spiro atoms. The number of esters is 1. The number of nitrogens with one attached hydrogen (secondary N) is 1. The summed E-state index contributed by atoms with van der Waals surface area (Å²) in [6, 6.07) is 0. The van der Waals surface area contributed by atoms with Gasteiger partial charge in [-0.1, -0.05) is 0 Å². The molecule has 0 radical (unpaired) electrons. The summed E-state index contributed by atoms with van der Waals surface area (Å²) in [5.74, 6) is 0.557. The molecule has 0 saturated carbocycles. The quantitative estimate of drug-likeness (QED) is 0.636. The molecule has 0 bridgehead atoms. The van der Waals surface area contributed by atoms with Gasteiger partial charge in [0.05, 0.1) is 13.0 Å². The molecule has 1 aromatic heterocycles. The van der Waals surface area contributed by atoms with Crippen molar-refractivity contribution in [3.8, 4) is 0 Å². The molecule has 0 saturated heterocycles. The molecule has 1 aromatic rings. The number of nitrogens with zero attached hydrogens (tertiary/aromatic N) is 2. The highest BCUT2D eigenvalue weighted by atomic mass is 16.5. The fourth-order valence-corrected chi connectivity index (χ4v) is 0.876. The van der Waals surface area contributed by atoms with Crippen molar-refractivity contribution >= 4 is 11.9 Å². The number of H-pyrrole nitrogens is 1. The smallest absolute Gasteiger partial charge is 0.306 e. The molecule has 6 heteroatoms. The molecule has 72 valence electrons. The Morgan fingerprint density at radius 1 is 1.69 bits per heavy atom. The predicted molar refractivity (Wildman–Crippen MR) is 45.7 cm³/mol. The molecule has 3 N–H and O–H groups in total. The van der Waals surface area contributed by atoms with Gasteiger partial charge < -0.3 is 10.5 Å². The molecular formula is C7H12N4O2. The maximum Gasteiger partial charge on any atom is 0.306 e. The van der Waals surface area contributed by atoms with Crippen molar-refractivity contribution in [2.75, 3.05) is 12.3 Å². The maximum atomic E-state index is 10.9. The normalized spacial score (nSPS) is 9.92. The minimum atomic E-state index is -0.238. The van der Waals surface area contributed by atoms with Crippen LogP contribution in [0.4, 0.5) is 5.95 Å². The Hall–Kier alpha value is -1.59. The molecule has 0 aliphatic rings. The highest BCUT2D eigenvalue weighted by molar-refractivity contribution is 5.69. The number of nitrogen functional groups attached to an aromatic ring is 1. The van der Waals surface area contributed by atoms with Gasteiger partial charge >= 0.3 is 5.97 Å². The summed E-state index contributed by atoms with van der Waals surface area (Å²) in [6.07, 6.45) is 0.769. The number of hydrogen-bond acceptors (Lipinski definition) is 5. The largest absolute Gasteiger partial charge is 0.466 e. The van der Waals surface area contributed by atoms with Crippen molar-refractivity contribution in [1.29, 1.82) is 0 Å². The summed E-state index contributed by atoms with van der Waals surface area (Å²) < 4.78 is 4.74. The Morgan fingerprint density at radius 3 is 3.00 bits per heavy atom. The standard InChI is InChI=1S/C7H12N4O2/c1-2-13-6(12)4-3-5-9-7(8)11-10-5/h2-4H2,1H3,(H3,8,9,10,11). The van der Waals surface area contributed by atoms with Gasteiger partial charge in [-0.3, -0.25) is 9.89 Å². The van der Waals surface area contributed by atoms with Crippen LogP contribution in [0.3, 0.4) is 0 Å². The second-order valence-corrected chi connectivity index (χ2v) is 2.45. The zero-order valence-corrected chi connectivity index (χ0v) is 7.41. The minimum absolute atomic E-state index is 0.193. The Kier molecular flexibility index (Phi) is 3.24. The average Bonchev–Trinajstić information content (AvgIpc) is 2.49. The highest BCUT2D eigenvalue weighted by Gasteiger charge is 2.05. The van der Waals surface area contributed by atoms with Crippen LogP contribution in [0.2, 0.25) is 0 Å². The Balaban J connectivity index is 2.30. The summed E-state index contributed by atoms with van der Waals surface area (Å²) in [7, 11) is 0. The molecule has 0 aliphatic carbocycles. The minimum Gasteiger partial charge on any atom is -0.466 e. The lowest BCUT2D eigenvalue weighted by atomic mass is 10.3. The number of nitrogens with two attached hydrogens (primary N) is 1. The molecule has 13 heavy (non-hydrogen) atoms. The van der Waals surface area contributed by atoms with Gasteiger partial charge in [0.25, 0.3) is 0 Å². The van der Waals surface area contributed by atoms with E-state index in [4.69, 9.17) is 10.5 Å². The summed E-state index contributed by atoms with van der Waals surface area (Å²) in [6.45, 7) is 2.17. The lowest BCUT2D eigenvalue weighted by molar-refractivity contribution is -0.143. The highest BCUT2D eigenvalue weighted by Crippen LogP contribution is 1.98. The van der Waals surface area contributed by atoms with Crippen LogP contribution in [-0.2, 0) is 16.0 Å². The molecule has 0 amide bonds. The number of anilines is 1. The summed E-state index contributed by atoms with van der Waals surface area (Å²) >= 11 is 0. The van der Waals surface area contributed by atoms with Crippen LogP contribution >= 0.6 is 0 Å². The van der Waals surface area contributed by atoms with E-state index in [1.54, 1.807) is 6.92 Å². The summed E-state index contributed by atoms with van der Waals surface area (Å²) in [5, 5.41) is 6.24. The number of ether oxygens (including phenoxy) is 1. The Bertz CT molecular complexity index is 284. The van der Waals surface area contributed by atoms with Crippen LogP contribution in [0.25, 0.3) is 0 Å². The molecule has 1 rings (SSSR count). The van der Waals surface area contributed by atoms with E-state index in [1.807, 2.05) is 0 Å². The monoisotopic (exact) mass is 184 g/mol. The second kappa shape index (κ2) is 4.44. The van der Waals surface area contributed by atoms with Crippen LogP contribution in [0.15, 0.2) is 0 Å². The number of rotatable bonds is 4. The van der Waals surface area contributed by atoms with Crippen LogP contribution < -0.4 is 5.73 Å².